The number of piperidine rings is 1. The predicted octanol–water partition coefficient (Wildman–Crippen LogP) is 4.16. The van der Waals surface area contributed by atoms with Crippen LogP contribution in [0.1, 0.15) is 40.5 Å². The quantitative estimate of drug-likeness (QED) is 0.859. The molecule has 2 atom stereocenters. The van der Waals surface area contributed by atoms with Crippen molar-refractivity contribution in [2.24, 2.45) is 0 Å². The van der Waals surface area contributed by atoms with Gasteiger partial charge in [0.05, 0.1) is 0 Å². The maximum Gasteiger partial charge on any atom is 0.00327 e. The van der Waals surface area contributed by atoms with Crippen LogP contribution in [0.5, 0.6) is 0 Å². The van der Waals surface area contributed by atoms with Gasteiger partial charge < -0.3 is 5.32 Å². The van der Waals surface area contributed by atoms with Crippen LogP contribution in [-0.4, -0.2) is 13.1 Å². The molecule has 20 heavy (non-hydrogen) atoms. The number of nitrogens with one attached hydrogen (secondary N) is 1. The second kappa shape index (κ2) is 5.80. The first-order valence-corrected chi connectivity index (χ1v) is 7.58. The Morgan fingerprint density at radius 3 is 2.55 bits per heavy atom. The molecule has 104 valence electrons. The standard InChI is InChI=1S/C19H23N/c1-14-8-9-15(2)18(12-14)17-10-11-20-13-19(17)16-6-4-3-5-7-16/h3-9,12,17,19-20H,10-11,13H2,1-2H3. The van der Waals surface area contributed by atoms with E-state index in [9.17, 15) is 0 Å². The van der Waals surface area contributed by atoms with Crippen LogP contribution in [0.4, 0.5) is 0 Å². The average Bonchev–Trinajstić information content (AvgIpc) is 2.51. The van der Waals surface area contributed by atoms with Crippen molar-refractivity contribution >= 4 is 0 Å². The van der Waals surface area contributed by atoms with Crippen LogP contribution in [0, 0.1) is 13.8 Å². The third kappa shape index (κ3) is 2.64. The molecule has 1 aliphatic rings. The molecule has 1 heteroatoms. The van der Waals surface area contributed by atoms with E-state index in [2.05, 4.69) is 67.7 Å². The fourth-order valence-corrected chi connectivity index (χ4v) is 3.44. The Bertz CT molecular complexity index is 574. The Morgan fingerprint density at radius 1 is 0.950 bits per heavy atom. The van der Waals surface area contributed by atoms with Gasteiger partial charge in [-0.25, -0.2) is 0 Å². The van der Waals surface area contributed by atoms with Gasteiger partial charge in [0.25, 0.3) is 0 Å². The lowest BCUT2D eigenvalue weighted by Crippen LogP contribution is -2.34. The molecule has 2 unspecified atom stereocenters. The molecule has 1 N–H and O–H groups in total. The van der Waals surface area contributed by atoms with Crippen molar-refractivity contribution in [3.63, 3.8) is 0 Å². The number of aryl methyl sites for hydroxylation is 2. The summed E-state index contributed by atoms with van der Waals surface area (Å²) in [5.74, 6) is 1.23. The van der Waals surface area contributed by atoms with Gasteiger partial charge in [0, 0.05) is 12.5 Å². The van der Waals surface area contributed by atoms with Gasteiger partial charge in [-0.1, -0.05) is 54.1 Å². The van der Waals surface area contributed by atoms with Crippen LogP contribution in [0.2, 0.25) is 0 Å². The van der Waals surface area contributed by atoms with Crippen LogP contribution < -0.4 is 5.32 Å². The lowest BCUT2D eigenvalue weighted by atomic mass is 9.76. The second-order valence-electron chi connectivity index (χ2n) is 5.98. The normalized spacial score (nSPS) is 22.7. The Balaban J connectivity index is 1.99. The summed E-state index contributed by atoms with van der Waals surface area (Å²) in [6.07, 6.45) is 1.23. The molecule has 1 saturated heterocycles. The van der Waals surface area contributed by atoms with Gasteiger partial charge in [0.15, 0.2) is 0 Å². The van der Waals surface area contributed by atoms with Gasteiger partial charge in [-0.3, -0.25) is 0 Å². The number of rotatable bonds is 2. The average molecular weight is 265 g/mol. The minimum absolute atomic E-state index is 0.588. The van der Waals surface area contributed by atoms with Crippen LogP contribution >= 0.6 is 0 Å². The first kappa shape index (κ1) is 13.4. The summed E-state index contributed by atoms with van der Waals surface area (Å²) in [7, 11) is 0. The van der Waals surface area contributed by atoms with Crippen molar-refractivity contribution in [1.29, 1.82) is 0 Å². The lowest BCUT2D eigenvalue weighted by molar-refractivity contribution is 0.403. The van der Waals surface area contributed by atoms with Gasteiger partial charge in [-0.2, -0.15) is 0 Å². The third-order valence-corrected chi connectivity index (χ3v) is 4.54. The van der Waals surface area contributed by atoms with Crippen LogP contribution in [-0.2, 0) is 0 Å². The maximum absolute atomic E-state index is 3.57. The van der Waals surface area contributed by atoms with Crippen molar-refractivity contribution in [2.75, 3.05) is 13.1 Å². The highest BCUT2D eigenvalue weighted by atomic mass is 14.9. The van der Waals surface area contributed by atoms with Gasteiger partial charge in [-0.05, 0) is 49.4 Å². The zero-order valence-corrected chi connectivity index (χ0v) is 12.4. The Kier molecular flexibility index (Phi) is 3.88. The van der Waals surface area contributed by atoms with E-state index in [1.165, 1.54) is 23.1 Å². The number of hydrogen-bond acceptors (Lipinski definition) is 1. The molecule has 1 nitrogen and oxygen atoms in total. The van der Waals surface area contributed by atoms with Crippen molar-refractivity contribution in [3.8, 4) is 0 Å². The van der Waals surface area contributed by atoms with E-state index in [0.717, 1.165) is 13.1 Å². The van der Waals surface area contributed by atoms with Crippen molar-refractivity contribution in [1.82, 2.24) is 5.32 Å². The maximum atomic E-state index is 3.57. The van der Waals surface area contributed by atoms with Crippen LogP contribution in [0.25, 0.3) is 0 Å². The van der Waals surface area contributed by atoms with Gasteiger partial charge in [0.2, 0.25) is 0 Å². The van der Waals surface area contributed by atoms with E-state index in [-0.39, 0.29) is 0 Å². The molecule has 0 spiro atoms. The first-order valence-electron chi connectivity index (χ1n) is 7.58. The molecular weight excluding hydrogens is 242 g/mol. The number of hydrogen-bond donors (Lipinski definition) is 1. The second-order valence-corrected chi connectivity index (χ2v) is 5.98. The molecule has 0 aliphatic carbocycles. The van der Waals surface area contributed by atoms with E-state index in [1.54, 1.807) is 5.56 Å². The molecule has 3 rings (SSSR count). The van der Waals surface area contributed by atoms with Gasteiger partial charge >= 0.3 is 0 Å². The van der Waals surface area contributed by atoms with E-state index in [4.69, 9.17) is 0 Å². The van der Waals surface area contributed by atoms with E-state index in [1.807, 2.05) is 0 Å². The topological polar surface area (TPSA) is 12.0 Å². The summed E-state index contributed by atoms with van der Waals surface area (Å²) >= 11 is 0. The minimum atomic E-state index is 0.588. The Labute approximate surface area is 122 Å². The zero-order chi connectivity index (χ0) is 13.9. The van der Waals surface area contributed by atoms with Gasteiger partial charge in [-0.15, -0.1) is 0 Å². The lowest BCUT2D eigenvalue weighted by Gasteiger charge is -2.34. The molecule has 0 aromatic heterocycles. The van der Waals surface area contributed by atoms with Crippen molar-refractivity contribution < 1.29 is 0 Å². The Morgan fingerprint density at radius 2 is 1.75 bits per heavy atom. The Hall–Kier alpha value is -1.60. The molecular formula is C19H23N. The summed E-state index contributed by atoms with van der Waals surface area (Å²) in [4.78, 5) is 0. The highest BCUT2D eigenvalue weighted by molar-refractivity contribution is 5.37. The molecule has 2 aromatic rings. The molecule has 0 radical (unpaired) electrons. The highest BCUT2D eigenvalue weighted by Gasteiger charge is 2.28. The predicted molar refractivity (Wildman–Crippen MR) is 85.3 cm³/mol. The van der Waals surface area contributed by atoms with Crippen LogP contribution in [0.3, 0.4) is 0 Å². The molecule has 0 amide bonds. The molecule has 0 bridgehead atoms. The van der Waals surface area contributed by atoms with E-state index < -0.39 is 0 Å². The molecule has 1 aliphatic heterocycles. The van der Waals surface area contributed by atoms with E-state index in [0.29, 0.717) is 11.8 Å². The first-order chi connectivity index (χ1) is 9.75. The zero-order valence-electron chi connectivity index (χ0n) is 12.4. The fraction of sp³-hybridized carbons (Fsp3) is 0.368. The summed E-state index contributed by atoms with van der Waals surface area (Å²) in [6, 6.07) is 17.8. The van der Waals surface area contributed by atoms with Gasteiger partial charge in [0.1, 0.15) is 0 Å². The smallest absolute Gasteiger partial charge is 0.00327 e. The number of benzene rings is 2. The van der Waals surface area contributed by atoms with Crippen molar-refractivity contribution in [3.05, 3.63) is 70.8 Å². The molecule has 0 saturated carbocycles. The summed E-state index contributed by atoms with van der Waals surface area (Å²) in [6.45, 7) is 6.66. The van der Waals surface area contributed by atoms with Crippen LogP contribution in [0.15, 0.2) is 48.5 Å². The molecule has 1 heterocycles. The molecule has 2 aromatic carbocycles. The van der Waals surface area contributed by atoms with Crippen molar-refractivity contribution in [2.45, 2.75) is 32.1 Å². The minimum Gasteiger partial charge on any atom is -0.316 e. The summed E-state index contributed by atoms with van der Waals surface area (Å²) in [5, 5.41) is 3.57. The SMILES string of the molecule is Cc1ccc(C)c(C2CCNCC2c2ccccc2)c1. The highest BCUT2D eigenvalue weighted by Crippen LogP contribution is 2.38. The monoisotopic (exact) mass is 265 g/mol. The molecule has 1 fully saturated rings. The summed E-state index contributed by atoms with van der Waals surface area (Å²) in [5.41, 5.74) is 5.81. The third-order valence-electron chi connectivity index (χ3n) is 4.54. The summed E-state index contributed by atoms with van der Waals surface area (Å²) < 4.78 is 0. The largest absolute Gasteiger partial charge is 0.316 e. The van der Waals surface area contributed by atoms with E-state index >= 15 is 0 Å². The fourth-order valence-electron chi connectivity index (χ4n) is 3.44.